The van der Waals surface area contributed by atoms with Crippen LogP contribution in [-0.4, -0.2) is 6.61 Å². The molecule has 0 N–H and O–H groups in total. The fourth-order valence-corrected chi connectivity index (χ4v) is 3.16. The minimum Gasteiger partial charge on any atom is -0.492 e. The molecular formula is C15H20O. The molecule has 0 saturated heterocycles. The van der Waals surface area contributed by atoms with Gasteiger partial charge in [-0.1, -0.05) is 44.4 Å². The van der Waals surface area contributed by atoms with Crippen molar-refractivity contribution in [3.05, 3.63) is 29.3 Å². The van der Waals surface area contributed by atoms with Crippen molar-refractivity contribution in [3.8, 4) is 5.75 Å². The van der Waals surface area contributed by atoms with Crippen molar-refractivity contribution < 1.29 is 4.74 Å². The Morgan fingerprint density at radius 1 is 1.06 bits per heavy atom. The van der Waals surface area contributed by atoms with Gasteiger partial charge in [-0.3, -0.25) is 0 Å². The van der Waals surface area contributed by atoms with E-state index in [9.17, 15) is 0 Å². The molecule has 0 spiro atoms. The van der Waals surface area contributed by atoms with Crippen molar-refractivity contribution in [2.45, 2.75) is 50.9 Å². The first kappa shape index (κ1) is 10.2. The van der Waals surface area contributed by atoms with E-state index in [1.54, 1.807) is 0 Å². The van der Waals surface area contributed by atoms with Crippen LogP contribution < -0.4 is 4.74 Å². The molecule has 1 aliphatic carbocycles. The summed E-state index contributed by atoms with van der Waals surface area (Å²) in [5.41, 5.74) is 2.92. The predicted molar refractivity (Wildman–Crippen MR) is 66.2 cm³/mol. The Kier molecular flexibility index (Phi) is 2.62. The summed E-state index contributed by atoms with van der Waals surface area (Å²) in [6.07, 6.45) is 6.92. The Balaban J connectivity index is 1.95. The van der Waals surface area contributed by atoms with E-state index in [1.165, 1.54) is 49.0 Å². The van der Waals surface area contributed by atoms with E-state index in [0.29, 0.717) is 5.92 Å². The molecule has 1 nitrogen and oxygen atoms in total. The van der Waals surface area contributed by atoms with Crippen molar-refractivity contribution in [2.75, 3.05) is 6.61 Å². The van der Waals surface area contributed by atoms with Crippen LogP contribution in [0.5, 0.6) is 5.75 Å². The number of rotatable bonds is 1. The van der Waals surface area contributed by atoms with Crippen molar-refractivity contribution in [3.63, 3.8) is 0 Å². The topological polar surface area (TPSA) is 9.23 Å². The van der Waals surface area contributed by atoms with Gasteiger partial charge in [0.25, 0.3) is 0 Å². The van der Waals surface area contributed by atoms with Gasteiger partial charge in [0.1, 0.15) is 5.75 Å². The lowest BCUT2D eigenvalue weighted by Gasteiger charge is -2.23. The van der Waals surface area contributed by atoms with Crippen molar-refractivity contribution >= 4 is 0 Å². The summed E-state index contributed by atoms with van der Waals surface area (Å²) >= 11 is 0. The highest BCUT2D eigenvalue weighted by Gasteiger charge is 2.26. The maximum atomic E-state index is 5.90. The van der Waals surface area contributed by atoms with E-state index >= 15 is 0 Å². The molecule has 16 heavy (non-hydrogen) atoms. The van der Waals surface area contributed by atoms with E-state index < -0.39 is 0 Å². The van der Waals surface area contributed by atoms with Gasteiger partial charge in [-0.05, 0) is 24.3 Å². The van der Waals surface area contributed by atoms with E-state index in [1.807, 2.05) is 0 Å². The maximum Gasteiger partial charge on any atom is 0.126 e. The van der Waals surface area contributed by atoms with Crippen molar-refractivity contribution in [2.24, 2.45) is 0 Å². The van der Waals surface area contributed by atoms with Gasteiger partial charge < -0.3 is 4.74 Å². The van der Waals surface area contributed by atoms with Crippen molar-refractivity contribution in [1.29, 1.82) is 0 Å². The summed E-state index contributed by atoms with van der Waals surface area (Å²) in [5, 5.41) is 0. The molecule has 1 saturated carbocycles. The molecular weight excluding hydrogens is 196 g/mol. The zero-order valence-corrected chi connectivity index (χ0v) is 10.0. The lowest BCUT2D eigenvalue weighted by molar-refractivity contribution is 0.328. The lowest BCUT2D eigenvalue weighted by atomic mass is 9.82. The second-order valence-corrected chi connectivity index (χ2v) is 5.31. The Morgan fingerprint density at radius 3 is 2.62 bits per heavy atom. The van der Waals surface area contributed by atoms with Crippen molar-refractivity contribution in [1.82, 2.24) is 0 Å². The number of benzene rings is 1. The maximum absolute atomic E-state index is 5.90. The number of fused-ring (bicyclic) bond motifs is 1. The highest BCUT2D eigenvalue weighted by molar-refractivity contribution is 5.47. The highest BCUT2D eigenvalue weighted by atomic mass is 16.5. The van der Waals surface area contributed by atoms with Crippen LogP contribution in [0.25, 0.3) is 0 Å². The highest BCUT2D eigenvalue weighted by Crippen LogP contribution is 2.43. The lowest BCUT2D eigenvalue weighted by Crippen LogP contribution is -2.05. The molecule has 1 aromatic carbocycles. The van der Waals surface area contributed by atoms with Crippen LogP contribution in [-0.2, 0) is 0 Å². The standard InChI is InChI=1S/C15H20O/c1-11-10-16-15-13(11)8-5-9-14(15)12-6-3-2-4-7-12/h5,8-9,11-12H,2-4,6-7,10H2,1H3. The average Bonchev–Trinajstić information content (AvgIpc) is 2.73. The molecule has 1 heterocycles. The Bertz CT molecular complexity index is 377. The molecule has 0 bridgehead atoms. The first-order chi connectivity index (χ1) is 7.86. The molecule has 0 radical (unpaired) electrons. The van der Waals surface area contributed by atoms with Crippen LogP contribution >= 0.6 is 0 Å². The van der Waals surface area contributed by atoms with Gasteiger partial charge in [0.2, 0.25) is 0 Å². The molecule has 0 amide bonds. The Morgan fingerprint density at radius 2 is 1.81 bits per heavy atom. The molecule has 1 atom stereocenters. The fraction of sp³-hybridized carbons (Fsp3) is 0.600. The zero-order valence-electron chi connectivity index (χ0n) is 10.0. The summed E-state index contributed by atoms with van der Waals surface area (Å²) < 4.78 is 5.90. The minimum absolute atomic E-state index is 0.582. The van der Waals surface area contributed by atoms with Gasteiger partial charge in [-0.2, -0.15) is 0 Å². The van der Waals surface area contributed by atoms with E-state index in [2.05, 4.69) is 25.1 Å². The first-order valence-corrected chi connectivity index (χ1v) is 6.62. The second-order valence-electron chi connectivity index (χ2n) is 5.31. The van der Waals surface area contributed by atoms with Crippen LogP contribution in [0, 0.1) is 0 Å². The first-order valence-electron chi connectivity index (χ1n) is 6.62. The summed E-state index contributed by atoms with van der Waals surface area (Å²) in [5.74, 6) is 2.56. The van der Waals surface area contributed by atoms with Crippen LogP contribution in [0.2, 0.25) is 0 Å². The second kappa shape index (κ2) is 4.12. The summed E-state index contributed by atoms with van der Waals surface area (Å²) in [6, 6.07) is 6.74. The van der Waals surface area contributed by atoms with Crippen LogP contribution in [0.4, 0.5) is 0 Å². The van der Waals surface area contributed by atoms with Gasteiger partial charge in [-0.25, -0.2) is 0 Å². The molecule has 3 rings (SSSR count). The molecule has 1 unspecified atom stereocenters. The SMILES string of the molecule is CC1COc2c1cccc2C1CCCCC1. The predicted octanol–water partition coefficient (Wildman–Crippen LogP) is 4.23. The summed E-state index contributed by atoms with van der Waals surface area (Å²) in [6.45, 7) is 3.13. The van der Waals surface area contributed by atoms with Crippen LogP contribution in [0.1, 0.15) is 62.0 Å². The van der Waals surface area contributed by atoms with Gasteiger partial charge in [0, 0.05) is 11.5 Å². The minimum atomic E-state index is 0.582. The summed E-state index contributed by atoms with van der Waals surface area (Å²) in [4.78, 5) is 0. The molecule has 1 aliphatic heterocycles. The van der Waals surface area contributed by atoms with Crippen LogP contribution in [0.15, 0.2) is 18.2 Å². The Labute approximate surface area is 97.8 Å². The molecule has 1 aromatic rings. The molecule has 86 valence electrons. The van der Waals surface area contributed by atoms with Gasteiger partial charge >= 0.3 is 0 Å². The number of hydrogen-bond donors (Lipinski definition) is 0. The van der Waals surface area contributed by atoms with Crippen LogP contribution in [0.3, 0.4) is 0 Å². The molecule has 0 aromatic heterocycles. The molecule has 1 fully saturated rings. The normalized spacial score (nSPS) is 25.2. The zero-order chi connectivity index (χ0) is 11.0. The van der Waals surface area contributed by atoms with Gasteiger partial charge in [-0.15, -0.1) is 0 Å². The smallest absolute Gasteiger partial charge is 0.126 e. The Hall–Kier alpha value is -0.980. The van der Waals surface area contributed by atoms with E-state index in [4.69, 9.17) is 4.74 Å². The third-order valence-corrected chi connectivity index (χ3v) is 4.13. The quantitative estimate of drug-likeness (QED) is 0.682. The fourth-order valence-electron chi connectivity index (χ4n) is 3.16. The monoisotopic (exact) mass is 216 g/mol. The third kappa shape index (κ3) is 1.63. The third-order valence-electron chi connectivity index (χ3n) is 4.13. The average molecular weight is 216 g/mol. The largest absolute Gasteiger partial charge is 0.492 e. The van der Waals surface area contributed by atoms with Gasteiger partial charge in [0.05, 0.1) is 6.61 Å². The summed E-state index contributed by atoms with van der Waals surface area (Å²) in [7, 11) is 0. The molecule has 1 heteroatoms. The number of ether oxygens (including phenoxy) is 1. The van der Waals surface area contributed by atoms with E-state index in [0.717, 1.165) is 12.5 Å². The number of hydrogen-bond acceptors (Lipinski definition) is 1. The van der Waals surface area contributed by atoms with E-state index in [-0.39, 0.29) is 0 Å². The number of para-hydroxylation sites is 1. The van der Waals surface area contributed by atoms with Gasteiger partial charge in [0.15, 0.2) is 0 Å². The molecule has 2 aliphatic rings.